The number of sulfonamides is 1. The molecule has 4 rings (SSSR count). The van der Waals surface area contributed by atoms with Crippen molar-refractivity contribution in [2.75, 3.05) is 35.6 Å². The van der Waals surface area contributed by atoms with Gasteiger partial charge in [-0.3, -0.25) is 4.79 Å². The minimum absolute atomic E-state index is 0.0159. The molecule has 2 aliphatic rings. The monoisotopic (exact) mass is 427 g/mol. The average Bonchev–Trinajstić information content (AvgIpc) is 3.18. The molecule has 0 radical (unpaired) electrons. The highest BCUT2D eigenvalue weighted by molar-refractivity contribution is 7.89. The third-order valence-electron chi connectivity index (χ3n) is 6.20. The molecule has 0 aliphatic carbocycles. The van der Waals surface area contributed by atoms with Crippen molar-refractivity contribution in [3.05, 3.63) is 59.7 Å². The molecular formula is C23H29N3O3S. The maximum absolute atomic E-state index is 12.9. The highest BCUT2D eigenvalue weighted by Gasteiger charge is 2.30. The first-order chi connectivity index (χ1) is 14.5. The number of hydrogen-bond acceptors (Lipinski definition) is 4. The van der Waals surface area contributed by atoms with Crippen molar-refractivity contribution in [1.82, 2.24) is 4.31 Å². The molecule has 6 nitrogen and oxygen atoms in total. The number of fused-ring (bicyclic) bond motifs is 1. The average molecular weight is 428 g/mol. The Bertz CT molecular complexity index is 1010. The Morgan fingerprint density at radius 1 is 1.03 bits per heavy atom. The van der Waals surface area contributed by atoms with Gasteiger partial charge in [0, 0.05) is 43.5 Å². The first-order valence-corrected chi connectivity index (χ1v) is 12.3. The van der Waals surface area contributed by atoms with Crippen molar-refractivity contribution in [3.8, 4) is 0 Å². The van der Waals surface area contributed by atoms with Crippen LogP contribution in [0.25, 0.3) is 0 Å². The van der Waals surface area contributed by atoms with Gasteiger partial charge in [0.1, 0.15) is 0 Å². The van der Waals surface area contributed by atoms with Crippen LogP contribution in [-0.2, 0) is 27.8 Å². The van der Waals surface area contributed by atoms with Gasteiger partial charge in [-0.15, -0.1) is 0 Å². The van der Waals surface area contributed by atoms with E-state index >= 15 is 0 Å². The summed E-state index contributed by atoms with van der Waals surface area (Å²) in [4.78, 5) is 15.2. The number of piperidine rings is 1. The van der Waals surface area contributed by atoms with Gasteiger partial charge < -0.3 is 10.2 Å². The van der Waals surface area contributed by atoms with Crippen LogP contribution in [0.4, 0.5) is 11.4 Å². The molecule has 1 amide bonds. The molecule has 0 aromatic heterocycles. The summed E-state index contributed by atoms with van der Waals surface area (Å²) in [5, 5.41) is 3.11. The molecule has 0 bridgehead atoms. The minimum atomic E-state index is -3.18. The first kappa shape index (κ1) is 20.9. The highest BCUT2D eigenvalue weighted by Crippen LogP contribution is 2.30. The zero-order valence-electron chi connectivity index (χ0n) is 17.4. The van der Waals surface area contributed by atoms with E-state index in [1.807, 2.05) is 18.2 Å². The summed E-state index contributed by atoms with van der Waals surface area (Å²) in [6.07, 6.45) is 2.17. The van der Waals surface area contributed by atoms with Crippen LogP contribution in [0, 0.1) is 5.92 Å². The second-order valence-electron chi connectivity index (χ2n) is 8.02. The number of rotatable bonds is 6. The van der Waals surface area contributed by atoms with Crippen molar-refractivity contribution in [2.45, 2.75) is 32.7 Å². The third kappa shape index (κ3) is 4.37. The molecule has 0 spiro atoms. The smallest absolute Gasteiger partial charge is 0.227 e. The van der Waals surface area contributed by atoms with E-state index in [-0.39, 0.29) is 17.6 Å². The van der Waals surface area contributed by atoms with Crippen molar-refractivity contribution >= 4 is 27.3 Å². The number of carbonyl (C=O) groups is 1. The van der Waals surface area contributed by atoms with Crippen LogP contribution in [0.3, 0.4) is 0 Å². The molecule has 2 aliphatic heterocycles. The zero-order chi connectivity index (χ0) is 21.1. The summed E-state index contributed by atoms with van der Waals surface area (Å²) >= 11 is 0. The number of anilines is 2. The zero-order valence-corrected chi connectivity index (χ0v) is 18.2. The molecule has 0 atom stereocenters. The fourth-order valence-corrected chi connectivity index (χ4v) is 5.50. The Morgan fingerprint density at radius 2 is 1.73 bits per heavy atom. The van der Waals surface area contributed by atoms with Gasteiger partial charge in [-0.2, -0.15) is 0 Å². The Labute approximate surface area is 178 Å². The van der Waals surface area contributed by atoms with Gasteiger partial charge in [0.25, 0.3) is 0 Å². The summed E-state index contributed by atoms with van der Waals surface area (Å²) < 4.78 is 25.6. The predicted molar refractivity (Wildman–Crippen MR) is 120 cm³/mol. The summed E-state index contributed by atoms with van der Waals surface area (Å²) in [5.41, 5.74) is 4.57. The third-order valence-corrected chi connectivity index (χ3v) is 8.08. The number of nitrogens with one attached hydrogen (secondary N) is 1. The molecular weight excluding hydrogens is 398 g/mol. The number of benzene rings is 2. The van der Waals surface area contributed by atoms with Crippen LogP contribution in [0.1, 0.15) is 30.9 Å². The number of nitrogens with zero attached hydrogens (tertiary/aromatic N) is 2. The fraction of sp³-hybridized carbons (Fsp3) is 0.435. The van der Waals surface area contributed by atoms with E-state index in [0.717, 1.165) is 30.8 Å². The van der Waals surface area contributed by atoms with Gasteiger partial charge in [0.15, 0.2) is 0 Å². The summed E-state index contributed by atoms with van der Waals surface area (Å²) in [6.45, 7) is 4.22. The van der Waals surface area contributed by atoms with Gasteiger partial charge >= 0.3 is 0 Å². The molecule has 0 unspecified atom stereocenters. The number of hydrogen-bond donors (Lipinski definition) is 1. The molecule has 7 heteroatoms. The summed E-state index contributed by atoms with van der Waals surface area (Å²) in [7, 11) is -3.18. The van der Waals surface area contributed by atoms with Gasteiger partial charge in [-0.05, 0) is 49.4 Å². The van der Waals surface area contributed by atoms with E-state index in [2.05, 4.69) is 40.5 Å². The molecule has 1 fully saturated rings. The second-order valence-corrected chi connectivity index (χ2v) is 10.3. The lowest BCUT2D eigenvalue weighted by atomic mass is 9.97. The van der Waals surface area contributed by atoms with Crippen LogP contribution < -0.4 is 10.2 Å². The van der Waals surface area contributed by atoms with Gasteiger partial charge in [-0.1, -0.05) is 36.4 Å². The van der Waals surface area contributed by atoms with Gasteiger partial charge in [0.2, 0.25) is 15.9 Å². The van der Waals surface area contributed by atoms with Gasteiger partial charge in [0.05, 0.1) is 5.75 Å². The van der Waals surface area contributed by atoms with Crippen molar-refractivity contribution in [3.63, 3.8) is 0 Å². The van der Waals surface area contributed by atoms with Crippen LogP contribution in [0.15, 0.2) is 48.5 Å². The molecule has 2 aromatic carbocycles. The second kappa shape index (κ2) is 8.78. The SMILES string of the molecule is CCS(=O)(=O)N1CCC(C(=O)Nc2ccccc2CN2CCc3ccccc32)CC1. The minimum Gasteiger partial charge on any atom is -0.367 e. The molecule has 0 saturated carbocycles. The molecule has 30 heavy (non-hydrogen) atoms. The Balaban J connectivity index is 1.41. The quantitative estimate of drug-likeness (QED) is 0.768. The van der Waals surface area contributed by atoms with Gasteiger partial charge in [-0.25, -0.2) is 12.7 Å². The normalized spacial score (nSPS) is 17.7. The van der Waals surface area contributed by atoms with E-state index in [1.54, 1.807) is 6.92 Å². The summed E-state index contributed by atoms with van der Waals surface area (Å²) in [6, 6.07) is 16.4. The van der Waals surface area contributed by atoms with Crippen LogP contribution >= 0.6 is 0 Å². The van der Waals surface area contributed by atoms with E-state index in [9.17, 15) is 13.2 Å². The van der Waals surface area contributed by atoms with E-state index in [0.29, 0.717) is 25.9 Å². The van der Waals surface area contributed by atoms with Crippen molar-refractivity contribution < 1.29 is 13.2 Å². The van der Waals surface area contributed by atoms with Crippen LogP contribution in [0.2, 0.25) is 0 Å². The lowest BCUT2D eigenvalue weighted by molar-refractivity contribution is -0.120. The highest BCUT2D eigenvalue weighted by atomic mass is 32.2. The summed E-state index contributed by atoms with van der Waals surface area (Å²) in [5.74, 6) is -0.0664. The van der Waals surface area contributed by atoms with Crippen LogP contribution in [-0.4, -0.2) is 44.0 Å². The number of amides is 1. The van der Waals surface area contributed by atoms with E-state index < -0.39 is 10.0 Å². The number of para-hydroxylation sites is 2. The number of carbonyl (C=O) groups excluding carboxylic acids is 1. The maximum atomic E-state index is 12.9. The van der Waals surface area contributed by atoms with Crippen molar-refractivity contribution in [2.24, 2.45) is 5.92 Å². The topological polar surface area (TPSA) is 69.7 Å². The Hall–Kier alpha value is -2.38. The predicted octanol–water partition coefficient (Wildman–Crippen LogP) is 3.25. The fourth-order valence-electron chi connectivity index (χ4n) is 4.37. The molecule has 1 N–H and O–H groups in total. The lowest BCUT2D eigenvalue weighted by Gasteiger charge is -2.30. The Kier molecular flexibility index (Phi) is 6.11. The van der Waals surface area contributed by atoms with E-state index in [4.69, 9.17) is 0 Å². The molecule has 2 aromatic rings. The maximum Gasteiger partial charge on any atom is 0.227 e. The standard InChI is InChI=1S/C23H29N3O3S/c1-2-30(28,29)26-15-12-19(13-16-26)23(27)24-21-9-5-3-8-20(21)17-25-14-11-18-7-4-6-10-22(18)25/h3-10,19H,2,11-17H2,1H3,(H,24,27). The largest absolute Gasteiger partial charge is 0.367 e. The first-order valence-electron chi connectivity index (χ1n) is 10.7. The Morgan fingerprint density at radius 3 is 2.50 bits per heavy atom. The molecule has 160 valence electrons. The van der Waals surface area contributed by atoms with Crippen molar-refractivity contribution in [1.29, 1.82) is 0 Å². The molecule has 2 heterocycles. The van der Waals surface area contributed by atoms with E-state index in [1.165, 1.54) is 15.6 Å². The molecule has 1 saturated heterocycles. The lowest BCUT2D eigenvalue weighted by Crippen LogP contribution is -2.42. The van der Waals surface area contributed by atoms with Crippen LogP contribution in [0.5, 0.6) is 0 Å².